The van der Waals surface area contributed by atoms with Gasteiger partial charge in [-0.25, -0.2) is 27.3 Å². The first-order chi connectivity index (χ1) is 6.75. The largest absolute Gasteiger partial charge is 0.267 e. The molecule has 2 N–H and O–H groups in total. The minimum atomic E-state index is -4.23. The van der Waals surface area contributed by atoms with Crippen LogP contribution in [0.3, 0.4) is 0 Å². The number of rotatable bonds is 2. The van der Waals surface area contributed by atoms with Crippen LogP contribution < -0.4 is 5.14 Å². The molecule has 0 atom stereocenters. The van der Waals surface area contributed by atoms with E-state index in [0.717, 1.165) is 6.20 Å². The van der Waals surface area contributed by atoms with Gasteiger partial charge in [-0.1, -0.05) is 0 Å². The molecule has 0 saturated heterocycles. The van der Waals surface area contributed by atoms with E-state index in [-0.39, 0.29) is 9.08 Å². The number of nitrogens with zero attached hydrogens (tertiary/aromatic N) is 1. The predicted molar refractivity (Wildman–Crippen MR) is 56.0 cm³/mol. The number of alkyl halides is 2. The van der Waals surface area contributed by atoms with Crippen molar-refractivity contribution in [2.75, 3.05) is 0 Å². The summed E-state index contributed by atoms with van der Waals surface area (Å²) in [4.78, 5) is 2.89. The second-order valence-corrected chi connectivity index (χ2v) is 5.59. The Morgan fingerprint density at radius 1 is 1.40 bits per heavy atom. The molecule has 0 radical (unpaired) electrons. The molecular weight excluding hydrogens is 362 g/mol. The van der Waals surface area contributed by atoms with Crippen LogP contribution in [0.5, 0.6) is 0 Å². The molecule has 1 aromatic rings. The van der Waals surface area contributed by atoms with Crippen molar-refractivity contribution in [3.05, 3.63) is 20.8 Å². The van der Waals surface area contributed by atoms with Crippen molar-refractivity contribution < 1.29 is 17.2 Å². The van der Waals surface area contributed by atoms with Gasteiger partial charge < -0.3 is 0 Å². The van der Waals surface area contributed by atoms with Crippen molar-refractivity contribution in [1.29, 1.82) is 0 Å². The van der Waals surface area contributed by atoms with E-state index in [4.69, 9.17) is 5.14 Å². The lowest BCUT2D eigenvalue weighted by molar-refractivity contribution is 0.146. The third-order valence-corrected chi connectivity index (χ3v) is 3.98. The Balaban J connectivity index is 3.68. The quantitative estimate of drug-likeness (QED) is 0.816. The lowest BCUT2D eigenvalue weighted by atomic mass is 10.3. The summed E-state index contributed by atoms with van der Waals surface area (Å²) in [6.07, 6.45) is -1.91. The molecule has 0 unspecified atom stereocenters. The maximum absolute atomic E-state index is 12.6. The van der Waals surface area contributed by atoms with Gasteiger partial charge in [-0.05, 0) is 31.9 Å². The Morgan fingerprint density at radius 3 is 2.27 bits per heavy atom. The van der Waals surface area contributed by atoms with E-state index < -0.39 is 26.9 Å². The van der Waals surface area contributed by atoms with Crippen LogP contribution in [0.2, 0.25) is 0 Å². The van der Waals surface area contributed by atoms with Gasteiger partial charge in [0.1, 0.15) is 9.50 Å². The molecule has 1 aromatic heterocycles. The van der Waals surface area contributed by atoms with Crippen LogP contribution >= 0.6 is 31.9 Å². The van der Waals surface area contributed by atoms with Crippen LogP contribution in [0.1, 0.15) is 12.0 Å². The zero-order valence-corrected chi connectivity index (χ0v) is 10.9. The topological polar surface area (TPSA) is 73.1 Å². The zero-order valence-electron chi connectivity index (χ0n) is 6.92. The molecule has 0 spiro atoms. The summed E-state index contributed by atoms with van der Waals surface area (Å²) < 4.78 is 47.0. The molecule has 15 heavy (non-hydrogen) atoms. The number of halogens is 4. The molecule has 9 heteroatoms. The molecule has 0 fully saturated rings. The predicted octanol–water partition coefficient (Wildman–Crippen LogP) is 2.19. The summed E-state index contributed by atoms with van der Waals surface area (Å²) >= 11 is 5.55. The molecule has 0 aliphatic heterocycles. The molecular formula is C6H4Br2F2N2O2S. The fraction of sp³-hybridized carbons (Fsp3) is 0.167. The number of hydrogen-bond donors (Lipinski definition) is 1. The number of sulfonamides is 1. The van der Waals surface area contributed by atoms with Crippen molar-refractivity contribution in [2.24, 2.45) is 5.14 Å². The highest BCUT2D eigenvalue weighted by Crippen LogP contribution is 2.35. The van der Waals surface area contributed by atoms with Crippen LogP contribution in [-0.2, 0) is 10.0 Å². The average Bonchev–Trinajstić information content (AvgIpc) is 2.05. The van der Waals surface area contributed by atoms with E-state index in [0.29, 0.717) is 0 Å². The summed E-state index contributed by atoms with van der Waals surface area (Å²) in [7, 11) is -4.23. The summed E-state index contributed by atoms with van der Waals surface area (Å²) in [5, 5.41) is 4.83. The van der Waals surface area contributed by atoms with Crippen LogP contribution in [0.25, 0.3) is 0 Å². The minimum Gasteiger partial charge on any atom is -0.248 e. The van der Waals surface area contributed by atoms with E-state index in [1.54, 1.807) is 0 Å². The Hall–Kier alpha value is -0.120. The van der Waals surface area contributed by atoms with Crippen molar-refractivity contribution in [3.8, 4) is 0 Å². The zero-order chi connectivity index (χ0) is 11.8. The highest BCUT2D eigenvalue weighted by molar-refractivity contribution is 9.11. The number of primary sulfonamides is 1. The highest BCUT2D eigenvalue weighted by Gasteiger charge is 2.27. The van der Waals surface area contributed by atoms with Crippen molar-refractivity contribution in [3.63, 3.8) is 0 Å². The first-order valence-corrected chi connectivity index (χ1v) is 6.53. The fourth-order valence-electron chi connectivity index (χ4n) is 0.942. The second kappa shape index (κ2) is 4.40. The molecule has 1 rings (SSSR count). The second-order valence-electron chi connectivity index (χ2n) is 2.49. The Kier molecular flexibility index (Phi) is 3.80. The molecule has 0 saturated carbocycles. The van der Waals surface area contributed by atoms with E-state index in [1.807, 2.05) is 0 Å². The van der Waals surface area contributed by atoms with Gasteiger partial charge in [0.2, 0.25) is 10.0 Å². The number of hydrogen-bond acceptors (Lipinski definition) is 3. The van der Waals surface area contributed by atoms with Crippen LogP contribution in [0, 0.1) is 0 Å². The Labute approximate surface area is 101 Å². The van der Waals surface area contributed by atoms with Gasteiger partial charge in [-0.3, -0.25) is 0 Å². The van der Waals surface area contributed by atoms with E-state index in [9.17, 15) is 17.2 Å². The highest BCUT2D eigenvalue weighted by atomic mass is 79.9. The van der Waals surface area contributed by atoms with Crippen LogP contribution in [0.15, 0.2) is 20.2 Å². The standard InChI is InChI=1S/C6H4Br2F2N2O2S/c7-2-1-12-5(8)3(6(9)10)4(2)15(11,13)14/h1,6H,(H2,11,13,14). The van der Waals surface area contributed by atoms with Gasteiger partial charge in [-0.15, -0.1) is 0 Å². The van der Waals surface area contributed by atoms with E-state index >= 15 is 0 Å². The number of aromatic nitrogens is 1. The average molecular weight is 366 g/mol. The molecule has 84 valence electrons. The lowest BCUT2D eigenvalue weighted by Crippen LogP contribution is -2.16. The van der Waals surface area contributed by atoms with E-state index in [1.165, 1.54) is 0 Å². The van der Waals surface area contributed by atoms with Gasteiger partial charge in [0.05, 0.1) is 10.0 Å². The molecule has 4 nitrogen and oxygen atoms in total. The van der Waals surface area contributed by atoms with Crippen molar-refractivity contribution in [1.82, 2.24) is 4.98 Å². The molecule has 0 aliphatic rings. The van der Waals surface area contributed by atoms with E-state index in [2.05, 4.69) is 36.8 Å². The molecule has 0 bridgehead atoms. The van der Waals surface area contributed by atoms with Gasteiger partial charge in [0.25, 0.3) is 6.43 Å². The van der Waals surface area contributed by atoms with Gasteiger partial charge in [-0.2, -0.15) is 0 Å². The third kappa shape index (κ3) is 2.71. The SMILES string of the molecule is NS(=O)(=O)c1c(Br)cnc(Br)c1C(F)F. The molecule has 0 aromatic carbocycles. The number of nitrogens with two attached hydrogens (primary N) is 1. The Bertz CT molecular complexity index is 492. The van der Waals surface area contributed by atoms with Crippen molar-refractivity contribution in [2.45, 2.75) is 11.3 Å². The maximum atomic E-state index is 12.6. The van der Waals surface area contributed by atoms with Gasteiger partial charge >= 0.3 is 0 Å². The summed E-state index contributed by atoms with van der Waals surface area (Å²) in [5.74, 6) is 0. The van der Waals surface area contributed by atoms with Gasteiger partial charge in [0.15, 0.2) is 0 Å². The minimum absolute atomic E-state index is 0.0940. The monoisotopic (exact) mass is 364 g/mol. The normalized spacial score (nSPS) is 12.1. The van der Waals surface area contributed by atoms with Crippen molar-refractivity contribution >= 4 is 41.9 Å². The first kappa shape index (κ1) is 12.9. The van der Waals surface area contributed by atoms with Crippen LogP contribution in [0.4, 0.5) is 8.78 Å². The summed E-state index contributed by atoms with van der Waals surface area (Å²) in [6, 6.07) is 0. The molecule has 0 aliphatic carbocycles. The first-order valence-electron chi connectivity index (χ1n) is 3.40. The summed E-state index contributed by atoms with van der Waals surface area (Å²) in [5.41, 5.74) is -0.744. The van der Waals surface area contributed by atoms with Crippen LogP contribution in [-0.4, -0.2) is 13.4 Å². The lowest BCUT2D eigenvalue weighted by Gasteiger charge is -2.09. The fourth-order valence-corrected chi connectivity index (χ4v) is 3.36. The molecule has 1 heterocycles. The summed E-state index contributed by atoms with van der Waals surface area (Å²) in [6.45, 7) is 0. The smallest absolute Gasteiger partial charge is 0.248 e. The number of pyridine rings is 1. The molecule has 0 amide bonds. The van der Waals surface area contributed by atoms with Gasteiger partial charge in [0, 0.05) is 6.20 Å². The third-order valence-electron chi connectivity index (χ3n) is 1.48. The Morgan fingerprint density at radius 2 is 1.93 bits per heavy atom. The maximum Gasteiger partial charge on any atom is 0.267 e.